The number of pyridine rings is 1. The minimum Gasteiger partial charge on any atom is -0.480 e. The Morgan fingerprint density at radius 3 is 2.47 bits per heavy atom. The molecule has 12 heteroatoms. The zero-order valence-corrected chi connectivity index (χ0v) is 15.0. The summed E-state index contributed by atoms with van der Waals surface area (Å²) in [5.41, 5.74) is 3.09. The molecule has 0 saturated heterocycles. The third kappa shape index (κ3) is 5.85. The molecule has 9 nitrogen and oxygen atoms in total. The molecule has 0 bridgehead atoms. The molecule has 0 unspecified atom stereocenters. The normalized spacial score (nSPS) is 15.7. The van der Waals surface area contributed by atoms with E-state index in [9.17, 15) is 22.8 Å². The number of hydrogen-bond acceptors (Lipinski definition) is 7. The van der Waals surface area contributed by atoms with Crippen molar-refractivity contribution in [1.82, 2.24) is 15.8 Å². The molecule has 1 atom stereocenters. The van der Waals surface area contributed by atoms with Gasteiger partial charge in [-0.05, 0) is 29.8 Å². The second-order valence-electron chi connectivity index (χ2n) is 5.85. The van der Waals surface area contributed by atoms with Gasteiger partial charge in [-0.25, -0.2) is 10.5 Å². The number of carboxylic acids is 1. The maximum atomic E-state index is 12.2. The third-order valence-corrected chi connectivity index (χ3v) is 3.63. The van der Waals surface area contributed by atoms with Crippen LogP contribution in [0.3, 0.4) is 0 Å². The number of amides is 1. The first-order valence-corrected chi connectivity index (χ1v) is 8.33. The number of nitrogens with zero attached hydrogens (tertiary/aromatic N) is 1. The molecule has 158 valence electrons. The van der Waals surface area contributed by atoms with E-state index in [1.54, 1.807) is 6.08 Å². The molecule has 1 aliphatic heterocycles. The molecule has 3 N–H and O–H groups in total. The molecule has 0 saturated carbocycles. The number of nitrogens with one attached hydrogen (secondary N) is 2. The lowest BCUT2D eigenvalue weighted by Gasteiger charge is -2.11. The Morgan fingerprint density at radius 2 is 1.87 bits per heavy atom. The number of aliphatic carboxylic acids is 1. The van der Waals surface area contributed by atoms with Crippen molar-refractivity contribution in [3.63, 3.8) is 0 Å². The van der Waals surface area contributed by atoms with Crippen molar-refractivity contribution in [3.8, 4) is 11.5 Å². The Hall–Kier alpha value is -3.80. The smallest absolute Gasteiger partial charge is 0.480 e. The molecule has 0 spiro atoms. The second-order valence-corrected chi connectivity index (χ2v) is 5.85. The first-order chi connectivity index (χ1) is 14.2. The molecule has 1 aliphatic rings. The summed E-state index contributed by atoms with van der Waals surface area (Å²) in [5, 5.41) is 10.7. The van der Waals surface area contributed by atoms with Gasteiger partial charge in [-0.2, -0.15) is 0 Å². The Labute approximate surface area is 167 Å². The fourth-order valence-electron chi connectivity index (χ4n) is 2.35. The molecule has 1 amide bonds. The number of alkyl halides is 3. The first-order valence-electron chi connectivity index (χ1n) is 8.33. The number of benzene rings is 1. The predicted octanol–water partition coefficient (Wildman–Crippen LogP) is 2.29. The standard InChI is InChI=1S/C18H14F3N3O6/c19-18(20,21)29-11-3-1-10(2-4-11)14-7-15(24-30-14)28-12-5-6-13(22-8-12)17(27)23-9-16(25)26/h1-8,14,24H,9H2,(H,23,27)(H,25,26)/t14-/m1/s1. The number of carboxylic acid groups (broad SMARTS) is 1. The van der Waals surface area contributed by atoms with Crippen LogP contribution < -0.4 is 20.3 Å². The van der Waals surface area contributed by atoms with Crippen LogP contribution >= 0.6 is 0 Å². The molecule has 1 aromatic heterocycles. The number of carbonyl (C=O) groups is 2. The summed E-state index contributed by atoms with van der Waals surface area (Å²) >= 11 is 0. The summed E-state index contributed by atoms with van der Waals surface area (Å²) in [6.45, 7) is -0.530. The van der Waals surface area contributed by atoms with E-state index in [0.717, 1.165) is 12.1 Å². The summed E-state index contributed by atoms with van der Waals surface area (Å²) in [4.78, 5) is 31.4. The van der Waals surface area contributed by atoms with Crippen LogP contribution in [-0.2, 0) is 9.63 Å². The Morgan fingerprint density at radius 1 is 1.17 bits per heavy atom. The lowest BCUT2D eigenvalue weighted by molar-refractivity contribution is -0.274. The number of hydroxylamine groups is 1. The molecular weight excluding hydrogens is 411 g/mol. The van der Waals surface area contributed by atoms with Gasteiger partial charge in [0.2, 0.25) is 5.88 Å². The van der Waals surface area contributed by atoms with E-state index in [1.165, 1.54) is 30.5 Å². The largest absolute Gasteiger partial charge is 0.573 e. The zero-order chi connectivity index (χ0) is 21.7. The van der Waals surface area contributed by atoms with Crippen LogP contribution in [0.5, 0.6) is 11.5 Å². The molecule has 3 rings (SSSR count). The average Bonchev–Trinajstić information content (AvgIpc) is 3.14. The molecule has 0 aliphatic carbocycles. The van der Waals surface area contributed by atoms with Gasteiger partial charge < -0.3 is 19.9 Å². The van der Waals surface area contributed by atoms with Crippen molar-refractivity contribution in [1.29, 1.82) is 0 Å². The molecule has 2 heterocycles. The van der Waals surface area contributed by atoms with Crippen molar-refractivity contribution in [2.24, 2.45) is 0 Å². The van der Waals surface area contributed by atoms with Gasteiger partial charge in [0.15, 0.2) is 0 Å². The summed E-state index contributed by atoms with van der Waals surface area (Å²) in [6, 6.07) is 7.95. The van der Waals surface area contributed by atoms with E-state index in [-0.39, 0.29) is 23.1 Å². The highest BCUT2D eigenvalue weighted by molar-refractivity contribution is 5.94. The maximum absolute atomic E-state index is 12.2. The fourth-order valence-corrected chi connectivity index (χ4v) is 2.35. The van der Waals surface area contributed by atoms with Crippen LogP contribution in [0.4, 0.5) is 13.2 Å². The minimum absolute atomic E-state index is 0.00672. The number of aromatic nitrogens is 1. The van der Waals surface area contributed by atoms with E-state index >= 15 is 0 Å². The number of hydrogen-bond donors (Lipinski definition) is 3. The fraction of sp³-hybridized carbons (Fsp3) is 0.167. The van der Waals surface area contributed by atoms with Gasteiger partial charge in [0.1, 0.15) is 29.8 Å². The Bertz CT molecular complexity index is 945. The summed E-state index contributed by atoms with van der Waals surface area (Å²) in [6.07, 6.45) is -2.58. The predicted molar refractivity (Wildman–Crippen MR) is 93.0 cm³/mol. The topological polar surface area (TPSA) is 119 Å². The quantitative estimate of drug-likeness (QED) is 0.618. The number of carbonyl (C=O) groups excluding carboxylic acids is 1. The van der Waals surface area contributed by atoms with Gasteiger partial charge in [-0.15, -0.1) is 13.2 Å². The van der Waals surface area contributed by atoms with Crippen molar-refractivity contribution < 1.29 is 42.2 Å². The van der Waals surface area contributed by atoms with Gasteiger partial charge in [-0.3, -0.25) is 14.4 Å². The Kier molecular flexibility index (Phi) is 6.06. The summed E-state index contributed by atoms with van der Waals surface area (Å²) in [7, 11) is 0. The number of halogens is 3. The lowest BCUT2D eigenvalue weighted by atomic mass is 10.1. The molecule has 2 aromatic rings. The van der Waals surface area contributed by atoms with Gasteiger partial charge >= 0.3 is 12.3 Å². The second kappa shape index (κ2) is 8.69. The summed E-state index contributed by atoms with van der Waals surface area (Å²) in [5.74, 6) is -1.71. The van der Waals surface area contributed by atoms with Crippen molar-refractivity contribution >= 4 is 11.9 Å². The van der Waals surface area contributed by atoms with E-state index in [4.69, 9.17) is 14.7 Å². The minimum atomic E-state index is -4.77. The maximum Gasteiger partial charge on any atom is 0.573 e. The van der Waals surface area contributed by atoms with Crippen LogP contribution in [0.25, 0.3) is 0 Å². The zero-order valence-electron chi connectivity index (χ0n) is 15.0. The van der Waals surface area contributed by atoms with E-state index in [1.807, 2.05) is 0 Å². The van der Waals surface area contributed by atoms with Crippen molar-refractivity contribution in [2.45, 2.75) is 12.5 Å². The van der Waals surface area contributed by atoms with Crippen molar-refractivity contribution in [2.75, 3.05) is 6.54 Å². The highest BCUT2D eigenvalue weighted by atomic mass is 19.4. The van der Waals surface area contributed by atoms with Crippen LogP contribution in [0.15, 0.2) is 54.6 Å². The van der Waals surface area contributed by atoms with E-state index < -0.39 is 30.9 Å². The highest BCUT2D eigenvalue weighted by Gasteiger charge is 2.31. The van der Waals surface area contributed by atoms with E-state index in [2.05, 4.69) is 20.5 Å². The summed E-state index contributed by atoms with van der Waals surface area (Å²) < 4.78 is 45.9. The van der Waals surface area contributed by atoms with Gasteiger partial charge in [0, 0.05) is 6.08 Å². The SMILES string of the molecule is O=C(O)CNC(=O)c1ccc(OC2=C[C@H](c3ccc(OC(F)(F)F)cc3)ON2)cn1. The molecule has 0 radical (unpaired) electrons. The highest BCUT2D eigenvalue weighted by Crippen LogP contribution is 2.28. The number of ether oxygens (including phenoxy) is 2. The first kappa shape index (κ1) is 20.9. The van der Waals surface area contributed by atoms with Crippen LogP contribution in [-0.4, -0.2) is 34.9 Å². The monoisotopic (exact) mass is 425 g/mol. The third-order valence-electron chi connectivity index (χ3n) is 3.63. The number of rotatable bonds is 7. The van der Waals surface area contributed by atoms with Crippen molar-refractivity contribution in [3.05, 3.63) is 65.8 Å². The van der Waals surface area contributed by atoms with Gasteiger partial charge in [0.25, 0.3) is 5.91 Å². The van der Waals surface area contributed by atoms with Crippen LogP contribution in [0, 0.1) is 0 Å². The molecular formula is C18H14F3N3O6. The molecule has 0 fully saturated rings. The average molecular weight is 425 g/mol. The molecule has 1 aromatic carbocycles. The van der Waals surface area contributed by atoms with Gasteiger partial charge in [-0.1, -0.05) is 12.1 Å². The lowest BCUT2D eigenvalue weighted by Crippen LogP contribution is -2.29. The van der Waals surface area contributed by atoms with Crippen LogP contribution in [0.2, 0.25) is 0 Å². The Balaban J connectivity index is 1.58. The molecule has 30 heavy (non-hydrogen) atoms. The van der Waals surface area contributed by atoms with Gasteiger partial charge in [0.05, 0.1) is 6.20 Å². The van der Waals surface area contributed by atoms with Crippen LogP contribution in [0.1, 0.15) is 22.2 Å². The van der Waals surface area contributed by atoms with E-state index in [0.29, 0.717) is 5.56 Å².